The Kier molecular flexibility index (Phi) is 8.50. The number of hydrogen-bond donors (Lipinski definition) is 2. The van der Waals surface area contributed by atoms with Crippen LogP contribution in [0.5, 0.6) is 0 Å². The van der Waals surface area contributed by atoms with Gasteiger partial charge in [-0.1, -0.05) is 6.92 Å². The third kappa shape index (κ3) is 13.3. The third-order valence-corrected chi connectivity index (χ3v) is 2.52. The summed E-state index contributed by atoms with van der Waals surface area (Å²) < 4.78 is 27.6. The van der Waals surface area contributed by atoms with Crippen molar-refractivity contribution in [1.82, 2.24) is 4.90 Å². The number of likely N-dealkylation sites (N-methyl/N-ethyl adjacent to an activating group) is 1. The highest BCUT2D eigenvalue weighted by atomic mass is 32.2. The van der Waals surface area contributed by atoms with E-state index in [-0.39, 0.29) is 11.8 Å². The average Bonchev–Trinajstić information content (AvgIpc) is 2.01. The maximum Gasteiger partial charge on any atom is 0.320 e. The van der Waals surface area contributed by atoms with E-state index >= 15 is 0 Å². The van der Waals surface area contributed by atoms with Crippen molar-refractivity contribution in [2.24, 2.45) is 0 Å². The molecule has 0 aromatic carbocycles. The number of nitrogens with zero attached hydrogens (tertiary/aromatic N) is 1. The number of rotatable bonds is 4. The highest BCUT2D eigenvalue weighted by molar-refractivity contribution is 7.85. The lowest BCUT2D eigenvalue weighted by atomic mass is 10.3. The van der Waals surface area contributed by atoms with Gasteiger partial charge in [0.25, 0.3) is 10.1 Å². The van der Waals surface area contributed by atoms with Crippen LogP contribution >= 0.6 is 0 Å². The van der Waals surface area contributed by atoms with Crippen molar-refractivity contribution in [1.29, 1.82) is 0 Å². The molecule has 0 saturated heterocycles. The molecule has 0 aliphatic heterocycles. The molecule has 0 spiro atoms. The number of hydrogen-bond acceptors (Lipinski definition) is 4. The Morgan fingerprint density at radius 3 is 1.80 bits per heavy atom. The second-order valence-corrected chi connectivity index (χ2v) is 4.84. The van der Waals surface area contributed by atoms with Crippen molar-refractivity contribution in [3.05, 3.63) is 0 Å². The molecule has 0 radical (unpaired) electrons. The SMILES string of the molecule is CC(C(=O)O)N(C)C.CCCS(=O)(=O)O. The summed E-state index contributed by atoms with van der Waals surface area (Å²) in [5, 5.41) is 8.31. The van der Waals surface area contributed by atoms with Crippen LogP contribution in [0, 0.1) is 0 Å². The summed E-state index contributed by atoms with van der Waals surface area (Å²) in [5.41, 5.74) is 0. The van der Waals surface area contributed by atoms with E-state index < -0.39 is 16.1 Å². The predicted molar refractivity (Wildman–Crippen MR) is 57.5 cm³/mol. The molecule has 0 rings (SSSR count). The van der Waals surface area contributed by atoms with Crippen molar-refractivity contribution in [3.63, 3.8) is 0 Å². The Bertz CT molecular complexity index is 273. The van der Waals surface area contributed by atoms with Crippen molar-refractivity contribution >= 4 is 16.1 Å². The minimum atomic E-state index is -3.67. The van der Waals surface area contributed by atoms with Gasteiger partial charge in [-0.2, -0.15) is 8.42 Å². The van der Waals surface area contributed by atoms with Crippen LogP contribution < -0.4 is 0 Å². The van der Waals surface area contributed by atoms with Gasteiger partial charge >= 0.3 is 5.97 Å². The third-order valence-electron chi connectivity index (χ3n) is 1.59. The minimum Gasteiger partial charge on any atom is -0.480 e. The van der Waals surface area contributed by atoms with E-state index in [1.807, 2.05) is 0 Å². The molecular weight excluding hydrogens is 222 g/mol. The first-order chi connectivity index (χ1) is 6.61. The zero-order valence-corrected chi connectivity index (χ0v) is 10.3. The Morgan fingerprint density at radius 2 is 1.80 bits per heavy atom. The van der Waals surface area contributed by atoms with Crippen LogP contribution in [-0.4, -0.2) is 54.8 Å². The Labute approximate surface area is 90.6 Å². The molecule has 0 saturated carbocycles. The van der Waals surface area contributed by atoms with Gasteiger partial charge in [-0.25, -0.2) is 0 Å². The standard InChI is InChI=1S/C5H11NO2.C3H8O3S/c1-4(5(7)8)6(2)3;1-2-3-7(4,5)6/h4H,1-3H3,(H,7,8);2-3H2,1H3,(H,4,5,6). The molecule has 0 aliphatic carbocycles. The van der Waals surface area contributed by atoms with Gasteiger partial charge < -0.3 is 5.11 Å². The fraction of sp³-hybridized carbons (Fsp3) is 0.875. The second kappa shape index (κ2) is 7.61. The average molecular weight is 241 g/mol. The lowest BCUT2D eigenvalue weighted by Gasteiger charge is -2.13. The highest BCUT2D eigenvalue weighted by Gasteiger charge is 2.11. The van der Waals surface area contributed by atoms with E-state index in [4.69, 9.17) is 9.66 Å². The summed E-state index contributed by atoms with van der Waals surface area (Å²) in [6, 6.07) is -0.380. The van der Waals surface area contributed by atoms with E-state index in [2.05, 4.69) is 0 Å². The van der Waals surface area contributed by atoms with Crippen LogP contribution in [0.25, 0.3) is 0 Å². The van der Waals surface area contributed by atoms with Crippen LogP contribution in [0.4, 0.5) is 0 Å². The van der Waals surface area contributed by atoms with Gasteiger partial charge in [0.2, 0.25) is 0 Å². The predicted octanol–water partition coefficient (Wildman–Crippen LogP) is 0.305. The maximum atomic E-state index is 10.1. The van der Waals surface area contributed by atoms with Crippen LogP contribution in [0.1, 0.15) is 20.3 Å². The van der Waals surface area contributed by atoms with Crippen molar-refractivity contribution in [2.75, 3.05) is 19.8 Å². The number of carboxylic acid groups (broad SMARTS) is 1. The summed E-state index contributed by atoms with van der Waals surface area (Å²) in [5.74, 6) is -0.914. The molecule has 0 fully saturated rings. The topological polar surface area (TPSA) is 94.9 Å². The fourth-order valence-electron chi connectivity index (χ4n) is 0.479. The second-order valence-electron chi connectivity index (χ2n) is 3.26. The molecular formula is C8H19NO5S. The molecule has 2 N–H and O–H groups in total. The molecule has 0 heterocycles. The monoisotopic (exact) mass is 241 g/mol. The van der Waals surface area contributed by atoms with Gasteiger partial charge in [0, 0.05) is 0 Å². The summed E-state index contributed by atoms with van der Waals surface area (Å²) in [6.45, 7) is 3.33. The van der Waals surface area contributed by atoms with E-state index in [0.717, 1.165) is 0 Å². The molecule has 1 unspecified atom stereocenters. The van der Waals surface area contributed by atoms with Gasteiger partial charge in [0.1, 0.15) is 6.04 Å². The van der Waals surface area contributed by atoms with Crippen LogP contribution in [-0.2, 0) is 14.9 Å². The van der Waals surface area contributed by atoms with E-state index in [9.17, 15) is 13.2 Å². The maximum absolute atomic E-state index is 10.1. The fourth-order valence-corrected chi connectivity index (χ4v) is 0.995. The smallest absolute Gasteiger partial charge is 0.320 e. The zero-order valence-electron chi connectivity index (χ0n) is 9.47. The molecule has 0 aromatic rings. The number of carbonyl (C=O) groups is 1. The summed E-state index contributed by atoms with van der Waals surface area (Å²) in [6.07, 6.45) is 0.471. The molecule has 0 bridgehead atoms. The molecule has 0 aromatic heterocycles. The molecule has 0 amide bonds. The first-order valence-electron chi connectivity index (χ1n) is 4.46. The van der Waals surface area contributed by atoms with Crippen LogP contribution in [0.2, 0.25) is 0 Å². The van der Waals surface area contributed by atoms with Gasteiger partial charge in [-0.05, 0) is 27.4 Å². The van der Waals surface area contributed by atoms with Crippen molar-refractivity contribution < 1.29 is 22.9 Å². The largest absolute Gasteiger partial charge is 0.480 e. The molecule has 7 heteroatoms. The van der Waals surface area contributed by atoms with Crippen LogP contribution in [0.15, 0.2) is 0 Å². The lowest BCUT2D eigenvalue weighted by Crippen LogP contribution is -2.32. The molecule has 0 aliphatic rings. The molecule has 15 heavy (non-hydrogen) atoms. The summed E-state index contributed by atoms with van der Waals surface area (Å²) >= 11 is 0. The van der Waals surface area contributed by atoms with E-state index in [1.54, 1.807) is 32.8 Å². The first-order valence-corrected chi connectivity index (χ1v) is 6.07. The lowest BCUT2D eigenvalue weighted by molar-refractivity contribution is -0.141. The summed E-state index contributed by atoms with van der Waals surface area (Å²) in [4.78, 5) is 11.7. The van der Waals surface area contributed by atoms with Crippen molar-refractivity contribution in [2.45, 2.75) is 26.3 Å². The highest BCUT2D eigenvalue weighted by Crippen LogP contribution is 1.88. The molecule has 6 nitrogen and oxygen atoms in total. The van der Waals surface area contributed by atoms with Gasteiger partial charge in [0.05, 0.1) is 5.75 Å². The first kappa shape index (κ1) is 16.8. The zero-order chi connectivity index (χ0) is 12.6. The Morgan fingerprint density at radius 1 is 1.40 bits per heavy atom. The Hall–Kier alpha value is -0.660. The van der Waals surface area contributed by atoms with Crippen LogP contribution in [0.3, 0.4) is 0 Å². The molecule has 1 atom stereocenters. The minimum absolute atomic E-state index is 0.132. The van der Waals surface area contributed by atoms with E-state index in [1.165, 1.54) is 0 Å². The van der Waals surface area contributed by atoms with Gasteiger partial charge in [-0.15, -0.1) is 0 Å². The Balaban J connectivity index is 0. The van der Waals surface area contributed by atoms with Crippen molar-refractivity contribution in [3.8, 4) is 0 Å². The number of carboxylic acids is 1. The summed E-state index contributed by atoms with van der Waals surface area (Å²) in [7, 11) is -0.204. The van der Waals surface area contributed by atoms with Gasteiger partial charge in [-0.3, -0.25) is 14.2 Å². The van der Waals surface area contributed by atoms with E-state index in [0.29, 0.717) is 6.42 Å². The molecule has 92 valence electrons. The quantitative estimate of drug-likeness (QED) is 0.688. The van der Waals surface area contributed by atoms with Gasteiger partial charge in [0.15, 0.2) is 0 Å². The normalized spacial score (nSPS) is 12.9. The number of aliphatic carboxylic acids is 1.